The first-order valence-electron chi connectivity index (χ1n) is 25.3. The number of H-pyrrole nitrogens is 1. The minimum absolute atomic E-state index is 0.344. The predicted octanol–water partition coefficient (Wildman–Crippen LogP) is 17.1. The highest BCUT2D eigenvalue weighted by Gasteiger charge is 2.55. The molecule has 330 valence electrons. The molecule has 17 rings (SSSR count). The van der Waals surface area contributed by atoms with E-state index in [0.717, 1.165) is 6.42 Å². The van der Waals surface area contributed by atoms with Gasteiger partial charge in [-0.25, -0.2) is 0 Å². The van der Waals surface area contributed by atoms with Gasteiger partial charge >= 0.3 is 0 Å². The molecule has 5 aliphatic carbocycles. The lowest BCUT2D eigenvalue weighted by atomic mass is 9.68. The smallest absolute Gasteiger partial charge is 0.0726 e. The molecule has 0 saturated carbocycles. The monoisotopic (exact) mass is 900 g/mol. The van der Waals surface area contributed by atoms with E-state index in [9.17, 15) is 0 Å². The van der Waals surface area contributed by atoms with Gasteiger partial charge in [0.15, 0.2) is 0 Å². The number of para-hydroxylation sites is 1. The second-order valence-electron chi connectivity index (χ2n) is 20.7. The Morgan fingerprint density at radius 2 is 0.958 bits per heavy atom. The van der Waals surface area contributed by atoms with Crippen LogP contribution in [0.5, 0.6) is 0 Å². The summed E-state index contributed by atoms with van der Waals surface area (Å²) in [5.41, 5.74) is 29.7. The third kappa shape index (κ3) is 4.44. The molecule has 12 aromatic rings. The maximum absolute atomic E-state index is 4.04. The number of rotatable bonds is 2. The molecule has 0 bridgehead atoms. The Morgan fingerprint density at radius 3 is 1.61 bits per heavy atom. The van der Waals surface area contributed by atoms with E-state index < -0.39 is 5.41 Å². The van der Waals surface area contributed by atoms with E-state index in [0.29, 0.717) is 5.92 Å². The van der Waals surface area contributed by atoms with E-state index in [-0.39, 0.29) is 5.41 Å². The average Bonchev–Trinajstić information content (AvgIpc) is 4.26. The zero-order valence-electron chi connectivity index (χ0n) is 39.1. The molecule has 1 atom stereocenters. The van der Waals surface area contributed by atoms with Gasteiger partial charge in [0.1, 0.15) is 0 Å². The average molecular weight is 901 g/mol. The fraction of sp³-hybridized carbons (Fsp3) is 0.0725. The highest BCUT2D eigenvalue weighted by Crippen LogP contribution is 2.66. The van der Waals surface area contributed by atoms with Crippen LogP contribution in [0.2, 0.25) is 0 Å². The number of nitrogens with zero attached hydrogens (tertiary/aromatic N) is 1. The number of nitrogens with one attached hydrogen (secondary N) is 1. The molecule has 71 heavy (non-hydrogen) atoms. The Kier molecular flexibility index (Phi) is 7.16. The van der Waals surface area contributed by atoms with E-state index in [1.165, 1.54) is 149 Å². The van der Waals surface area contributed by atoms with Crippen molar-refractivity contribution in [1.29, 1.82) is 0 Å². The molecule has 0 aliphatic heterocycles. The summed E-state index contributed by atoms with van der Waals surface area (Å²) >= 11 is 0. The van der Waals surface area contributed by atoms with Gasteiger partial charge in [-0.1, -0.05) is 195 Å². The Balaban J connectivity index is 0.887. The van der Waals surface area contributed by atoms with Crippen LogP contribution in [-0.2, 0) is 10.8 Å². The van der Waals surface area contributed by atoms with Crippen molar-refractivity contribution in [1.82, 2.24) is 9.55 Å². The van der Waals surface area contributed by atoms with E-state index in [1.807, 2.05) is 0 Å². The zero-order valence-corrected chi connectivity index (χ0v) is 39.1. The molecule has 1 N–H and O–H groups in total. The number of hydrogen-bond acceptors (Lipinski definition) is 0. The molecule has 2 heterocycles. The molecule has 2 heteroatoms. The molecule has 1 unspecified atom stereocenters. The minimum atomic E-state index is -0.415. The third-order valence-corrected chi connectivity index (χ3v) is 17.6. The fourth-order valence-corrected chi connectivity index (χ4v) is 15.0. The van der Waals surface area contributed by atoms with Gasteiger partial charge in [-0.15, -0.1) is 0 Å². The number of fused-ring (bicyclic) bond motifs is 27. The molecular formula is C69H44N2. The summed E-state index contributed by atoms with van der Waals surface area (Å²) in [5, 5.41) is 5.07. The summed E-state index contributed by atoms with van der Waals surface area (Å²) in [4.78, 5) is 4.04. The van der Waals surface area contributed by atoms with Crippen molar-refractivity contribution < 1.29 is 0 Å². The number of allylic oxidation sites excluding steroid dienone is 4. The fourth-order valence-electron chi connectivity index (χ4n) is 15.0. The first-order valence-corrected chi connectivity index (χ1v) is 25.3. The topological polar surface area (TPSA) is 20.7 Å². The van der Waals surface area contributed by atoms with Crippen LogP contribution in [0.25, 0.3) is 99.4 Å². The van der Waals surface area contributed by atoms with Crippen molar-refractivity contribution in [3.8, 4) is 50.2 Å². The maximum Gasteiger partial charge on any atom is 0.0726 e. The largest absolute Gasteiger partial charge is 0.354 e. The van der Waals surface area contributed by atoms with E-state index >= 15 is 0 Å². The summed E-state index contributed by atoms with van der Waals surface area (Å²) in [6.07, 6.45) is 5.92. The molecule has 0 saturated heterocycles. The van der Waals surface area contributed by atoms with E-state index in [4.69, 9.17) is 0 Å². The number of benzene rings is 10. The molecule has 2 nitrogen and oxygen atoms in total. The molecule has 10 aromatic carbocycles. The van der Waals surface area contributed by atoms with Crippen LogP contribution in [0.15, 0.2) is 230 Å². The molecule has 5 aliphatic rings. The molecule has 2 spiro atoms. The van der Waals surface area contributed by atoms with Crippen LogP contribution in [0.3, 0.4) is 0 Å². The number of aromatic nitrogens is 2. The normalized spacial score (nSPS) is 16.7. The molecule has 0 amide bonds. The van der Waals surface area contributed by atoms with E-state index in [2.05, 4.69) is 241 Å². The second-order valence-corrected chi connectivity index (χ2v) is 20.7. The minimum Gasteiger partial charge on any atom is -0.354 e. The Morgan fingerprint density at radius 1 is 0.437 bits per heavy atom. The second kappa shape index (κ2) is 13.3. The number of hydrogen-bond donors (Lipinski definition) is 1. The van der Waals surface area contributed by atoms with Gasteiger partial charge in [-0.2, -0.15) is 0 Å². The third-order valence-electron chi connectivity index (χ3n) is 17.6. The van der Waals surface area contributed by atoms with Gasteiger partial charge in [0, 0.05) is 43.9 Å². The lowest BCUT2D eigenvalue weighted by Gasteiger charge is -2.32. The van der Waals surface area contributed by atoms with Crippen molar-refractivity contribution in [3.05, 3.63) is 275 Å². The van der Waals surface area contributed by atoms with Crippen molar-refractivity contribution in [2.45, 2.75) is 24.2 Å². The SMILES string of the molecule is CC1CC=CC2=C1c1c(ccc3c1[nH]c1ccc(-c4ccc5c(c4)c4ccc6c(c4n5-c4ccccc4)-c4ccccc4C64c5ccccc5-c5ccccc54)cc13)C21c2ccccc2-c2ccccc21. The zero-order chi connectivity index (χ0) is 46.3. The van der Waals surface area contributed by atoms with Gasteiger partial charge in [-0.05, 0) is 138 Å². The Hall–Kier alpha value is -8.72. The summed E-state index contributed by atoms with van der Waals surface area (Å²) in [6, 6.07) is 80.7. The van der Waals surface area contributed by atoms with E-state index in [1.54, 1.807) is 0 Å². The van der Waals surface area contributed by atoms with Crippen molar-refractivity contribution in [2.24, 2.45) is 5.92 Å². The molecular weight excluding hydrogens is 857 g/mol. The molecule has 2 aromatic heterocycles. The Bertz CT molecular complexity index is 4360. The molecule has 0 fully saturated rings. The first kappa shape index (κ1) is 38.2. The predicted molar refractivity (Wildman–Crippen MR) is 293 cm³/mol. The van der Waals surface area contributed by atoms with Gasteiger partial charge < -0.3 is 9.55 Å². The quantitative estimate of drug-likeness (QED) is 0.178. The van der Waals surface area contributed by atoms with Crippen LogP contribution >= 0.6 is 0 Å². The Labute approximate surface area is 411 Å². The number of aromatic amines is 1. The summed E-state index contributed by atoms with van der Waals surface area (Å²) < 4.78 is 2.54. The van der Waals surface area contributed by atoms with Crippen LogP contribution in [0, 0.1) is 5.92 Å². The van der Waals surface area contributed by atoms with Gasteiger partial charge in [-0.3, -0.25) is 0 Å². The highest BCUT2D eigenvalue weighted by molar-refractivity contribution is 6.18. The maximum atomic E-state index is 4.04. The summed E-state index contributed by atoms with van der Waals surface area (Å²) in [5.74, 6) is 0.399. The van der Waals surface area contributed by atoms with Gasteiger partial charge in [0.25, 0.3) is 0 Å². The van der Waals surface area contributed by atoms with Crippen molar-refractivity contribution in [2.75, 3.05) is 0 Å². The summed E-state index contributed by atoms with van der Waals surface area (Å²) in [6.45, 7) is 2.43. The van der Waals surface area contributed by atoms with Crippen LogP contribution in [0.4, 0.5) is 0 Å². The molecule has 0 radical (unpaired) electrons. The lowest BCUT2D eigenvalue weighted by molar-refractivity contribution is 0.731. The van der Waals surface area contributed by atoms with Crippen LogP contribution in [0.1, 0.15) is 57.9 Å². The van der Waals surface area contributed by atoms with Gasteiger partial charge in [0.05, 0.1) is 27.4 Å². The van der Waals surface area contributed by atoms with Crippen molar-refractivity contribution in [3.63, 3.8) is 0 Å². The highest BCUT2D eigenvalue weighted by atomic mass is 15.0. The van der Waals surface area contributed by atoms with Gasteiger partial charge in [0.2, 0.25) is 0 Å². The standard InChI is InChI=1S/C69H44N2/c1-40-16-15-29-58-63(40)65-60(69(58)55-26-12-7-21-46(55)47-22-8-13-27-56(47)69)34-32-48-51-38-41(30-36-61(51)70-66(48)65)42-31-37-62-52(39-42)49-33-35-59-64(67(49)71(62)43-17-3-2-4-18-43)50-23-9-14-28-57(50)68(59)53-24-10-5-19-44(53)45-20-6-11-25-54(45)68/h2-15,17-40,70H,16H2,1H3. The first-order chi connectivity index (χ1) is 35.2. The summed E-state index contributed by atoms with van der Waals surface area (Å²) in [7, 11) is 0. The van der Waals surface area contributed by atoms with Crippen molar-refractivity contribution >= 4 is 49.2 Å². The lowest BCUT2D eigenvalue weighted by Crippen LogP contribution is -2.27. The van der Waals surface area contributed by atoms with Crippen LogP contribution < -0.4 is 0 Å². The van der Waals surface area contributed by atoms with Crippen LogP contribution in [-0.4, -0.2) is 9.55 Å².